The molecule has 0 saturated carbocycles. The molecule has 3 heteroatoms. The van der Waals surface area contributed by atoms with Crippen LogP contribution in [0.4, 0.5) is 0 Å². The molecule has 0 amide bonds. The van der Waals surface area contributed by atoms with Crippen LogP contribution in [0, 0.1) is 0 Å². The van der Waals surface area contributed by atoms with Crippen LogP contribution in [0.25, 0.3) is 11.0 Å². The van der Waals surface area contributed by atoms with E-state index < -0.39 is 0 Å². The van der Waals surface area contributed by atoms with E-state index in [0.29, 0.717) is 0 Å². The van der Waals surface area contributed by atoms with E-state index >= 15 is 0 Å². The number of aromatic nitrogens is 2. The lowest BCUT2D eigenvalue weighted by Gasteiger charge is -1.99. The first-order chi connectivity index (χ1) is 9.31. The molecule has 1 aromatic heterocycles. The van der Waals surface area contributed by atoms with Crippen molar-refractivity contribution in [1.82, 2.24) is 9.97 Å². The molecule has 104 valence electrons. The van der Waals surface area contributed by atoms with Crippen LogP contribution in [-0.2, 0) is 6.42 Å². The molecule has 2 nitrogen and oxygen atoms in total. The number of nitrogens with zero attached hydrogens (tertiary/aromatic N) is 1. The van der Waals surface area contributed by atoms with Crippen molar-refractivity contribution in [3.63, 3.8) is 0 Å². The third-order valence-electron chi connectivity index (χ3n) is 3.53. The zero-order valence-electron chi connectivity index (χ0n) is 11.7. The van der Waals surface area contributed by atoms with Gasteiger partial charge in [0.25, 0.3) is 0 Å². The van der Waals surface area contributed by atoms with Gasteiger partial charge in [-0.3, -0.25) is 0 Å². The van der Waals surface area contributed by atoms with Crippen molar-refractivity contribution in [3.05, 3.63) is 29.0 Å². The molecule has 0 unspecified atom stereocenters. The Hall–Kier alpha value is -1.02. The number of para-hydroxylation sites is 1. The highest BCUT2D eigenvalue weighted by Crippen LogP contribution is 2.21. The first-order valence-corrected chi connectivity index (χ1v) is 7.82. The maximum absolute atomic E-state index is 6.12. The van der Waals surface area contributed by atoms with E-state index in [1.54, 1.807) is 0 Å². The van der Waals surface area contributed by atoms with E-state index in [4.69, 9.17) is 11.6 Å². The maximum atomic E-state index is 6.12. The Bertz CT molecular complexity index is 504. The van der Waals surface area contributed by atoms with Gasteiger partial charge in [0.1, 0.15) is 11.3 Å². The molecular weight excluding hydrogens is 256 g/mol. The molecule has 0 saturated heterocycles. The fourth-order valence-electron chi connectivity index (χ4n) is 2.42. The van der Waals surface area contributed by atoms with Gasteiger partial charge < -0.3 is 4.98 Å². The van der Waals surface area contributed by atoms with E-state index in [-0.39, 0.29) is 0 Å². The Kier molecular flexibility index (Phi) is 5.71. The van der Waals surface area contributed by atoms with Gasteiger partial charge in [0.2, 0.25) is 0 Å². The molecule has 2 rings (SSSR count). The van der Waals surface area contributed by atoms with Gasteiger partial charge >= 0.3 is 0 Å². The molecule has 0 bridgehead atoms. The fraction of sp³-hybridized carbons (Fsp3) is 0.562. The minimum atomic E-state index is 0.736. The van der Waals surface area contributed by atoms with Crippen molar-refractivity contribution in [2.45, 2.75) is 58.3 Å². The third-order valence-corrected chi connectivity index (χ3v) is 3.83. The quantitative estimate of drug-likeness (QED) is 0.634. The number of rotatable bonds is 8. The molecule has 0 aliphatic carbocycles. The number of aryl methyl sites for hydroxylation is 1. The first-order valence-electron chi connectivity index (χ1n) is 7.44. The van der Waals surface area contributed by atoms with Gasteiger partial charge in [-0.1, -0.05) is 63.1 Å². The normalized spacial score (nSPS) is 11.3. The number of unbranched alkanes of at least 4 members (excludes halogenated alkanes) is 6. The Morgan fingerprint density at radius 1 is 1.05 bits per heavy atom. The molecule has 0 spiro atoms. The zero-order valence-corrected chi connectivity index (χ0v) is 12.5. The molecule has 1 N–H and O–H groups in total. The Labute approximate surface area is 120 Å². The molecule has 0 aliphatic rings. The van der Waals surface area contributed by atoms with E-state index in [0.717, 1.165) is 28.3 Å². The maximum Gasteiger partial charge on any atom is 0.107 e. The second kappa shape index (κ2) is 7.54. The molecule has 2 aromatic rings. The molecule has 1 heterocycles. The number of aromatic amines is 1. The van der Waals surface area contributed by atoms with Gasteiger partial charge in [-0.2, -0.15) is 0 Å². The molecular formula is C16H23ClN2. The summed E-state index contributed by atoms with van der Waals surface area (Å²) in [7, 11) is 0. The number of benzene rings is 1. The fourth-order valence-corrected chi connectivity index (χ4v) is 2.63. The highest BCUT2D eigenvalue weighted by molar-refractivity contribution is 6.34. The molecule has 19 heavy (non-hydrogen) atoms. The molecule has 0 fully saturated rings. The van der Waals surface area contributed by atoms with Crippen molar-refractivity contribution in [2.24, 2.45) is 0 Å². The second-order valence-electron chi connectivity index (χ2n) is 5.19. The Morgan fingerprint density at radius 2 is 1.79 bits per heavy atom. The van der Waals surface area contributed by atoms with Gasteiger partial charge in [-0.05, 0) is 18.6 Å². The summed E-state index contributed by atoms with van der Waals surface area (Å²) in [5, 5.41) is 0.736. The van der Waals surface area contributed by atoms with E-state index in [9.17, 15) is 0 Å². The molecule has 1 aromatic carbocycles. The molecule has 0 aliphatic heterocycles. The number of nitrogens with one attached hydrogen (secondary N) is 1. The van der Waals surface area contributed by atoms with Crippen LogP contribution < -0.4 is 0 Å². The zero-order chi connectivity index (χ0) is 13.5. The van der Waals surface area contributed by atoms with Gasteiger partial charge in [0, 0.05) is 6.42 Å². The summed E-state index contributed by atoms with van der Waals surface area (Å²) in [5.41, 5.74) is 1.95. The average Bonchev–Trinajstić information content (AvgIpc) is 2.82. The summed E-state index contributed by atoms with van der Waals surface area (Å²) < 4.78 is 0. The van der Waals surface area contributed by atoms with E-state index in [1.807, 2.05) is 18.2 Å². The number of fused-ring (bicyclic) bond motifs is 1. The average molecular weight is 279 g/mol. The topological polar surface area (TPSA) is 28.7 Å². The van der Waals surface area contributed by atoms with Crippen molar-refractivity contribution in [3.8, 4) is 0 Å². The summed E-state index contributed by atoms with van der Waals surface area (Å²) in [6, 6.07) is 5.88. The second-order valence-corrected chi connectivity index (χ2v) is 5.60. The summed E-state index contributed by atoms with van der Waals surface area (Å²) in [5.74, 6) is 1.07. The number of halogens is 1. The SMILES string of the molecule is CCCCCCCCCc1nc2c(Cl)cccc2[nH]1. The lowest BCUT2D eigenvalue weighted by molar-refractivity contribution is 0.585. The minimum Gasteiger partial charge on any atom is -0.342 e. The van der Waals surface area contributed by atoms with Crippen LogP contribution in [0.1, 0.15) is 57.7 Å². The van der Waals surface area contributed by atoms with Crippen molar-refractivity contribution >= 4 is 22.6 Å². The van der Waals surface area contributed by atoms with Crippen LogP contribution in [0.5, 0.6) is 0 Å². The monoisotopic (exact) mass is 278 g/mol. The Balaban J connectivity index is 1.74. The molecule has 0 atom stereocenters. The Morgan fingerprint density at radius 3 is 2.53 bits per heavy atom. The molecule has 0 radical (unpaired) electrons. The first kappa shape index (κ1) is 14.4. The number of hydrogen-bond acceptors (Lipinski definition) is 1. The lowest BCUT2D eigenvalue weighted by atomic mass is 10.1. The number of imidazole rings is 1. The van der Waals surface area contributed by atoms with E-state index in [1.165, 1.54) is 44.9 Å². The third kappa shape index (κ3) is 4.24. The predicted molar refractivity (Wildman–Crippen MR) is 82.8 cm³/mol. The van der Waals surface area contributed by atoms with Crippen LogP contribution >= 0.6 is 11.6 Å². The van der Waals surface area contributed by atoms with Crippen LogP contribution in [0.3, 0.4) is 0 Å². The lowest BCUT2D eigenvalue weighted by Crippen LogP contribution is -1.88. The van der Waals surface area contributed by atoms with Crippen LogP contribution in [0.2, 0.25) is 5.02 Å². The van der Waals surface area contributed by atoms with Gasteiger partial charge in [0.15, 0.2) is 0 Å². The van der Waals surface area contributed by atoms with Gasteiger partial charge in [0.05, 0.1) is 10.5 Å². The van der Waals surface area contributed by atoms with Crippen molar-refractivity contribution in [1.29, 1.82) is 0 Å². The highest BCUT2D eigenvalue weighted by atomic mass is 35.5. The van der Waals surface area contributed by atoms with Crippen LogP contribution in [-0.4, -0.2) is 9.97 Å². The van der Waals surface area contributed by atoms with Gasteiger partial charge in [-0.15, -0.1) is 0 Å². The standard InChI is InChI=1S/C16H23ClN2/c1-2-3-4-5-6-7-8-12-15-18-14-11-9-10-13(17)16(14)19-15/h9-11H,2-8,12H2,1H3,(H,18,19). The van der Waals surface area contributed by atoms with Crippen molar-refractivity contribution in [2.75, 3.05) is 0 Å². The smallest absolute Gasteiger partial charge is 0.107 e. The summed E-state index contributed by atoms with van der Waals surface area (Å²) >= 11 is 6.12. The minimum absolute atomic E-state index is 0.736. The number of H-pyrrole nitrogens is 1. The number of hydrogen-bond donors (Lipinski definition) is 1. The summed E-state index contributed by atoms with van der Waals surface area (Å²) in [4.78, 5) is 7.92. The van der Waals surface area contributed by atoms with E-state index in [2.05, 4.69) is 16.9 Å². The summed E-state index contributed by atoms with van der Waals surface area (Å²) in [6.07, 6.45) is 10.3. The van der Waals surface area contributed by atoms with Gasteiger partial charge in [-0.25, -0.2) is 4.98 Å². The van der Waals surface area contributed by atoms with Crippen LogP contribution in [0.15, 0.2) is 18.2 Å². The largest absolute Gasteiger partial charge is 0.342 e. The van der Waals surface area contributed by atoms with Crippen molar-refractivity contribution < 1.29 is 0 Å². The highest BCUT2D eigenvalue weighted by Gasteiger charge is 2.05. The predicted octanol–water partition coefficient (Wildman–Crippen LogP) is 5.51. The summed E-state index contributed by atoms with van der Waals surface area (Å²) in [6.45, 7) is 2.26.